The van der Waals surface area contributed by atoms with Crippen LogP contribution >= 0.6 is 0 Å². The number of Topliss-reactive ketones (excluding diaryl/α,β-unsaturated/α-hetero) is 2. The second-order valence-electron chi connectivity index (χ2n) is 29.1. The van der Waals surface area contributed by atoms with Crippen molar-refractivity contribution in [3.63, 3.8) is 0 Å². The van der Waals surface area contributed by atoms with Crippen molar-refractivity contribution >= 4 is 67.9 Å². The summed E-state index contributed by atoms with van der Waals surface area (Å²) in [5.41, 5.74) is 12.4. The molecule has 1 aliphatic carbocycles. The maximum absolute atomic E-state index is 14.7. The van der Waals surface area contributed by atoms with Gasteiger partial charge in [0.15, 0.2) is 28.1 Å². The van der Waals surface area contributed by atoms with Gasteiger partial charge in [0, 0.05) is 107 Å². The Labute approximate surface area is 644 Å². The third-order valence-corrected chi connectivity index (χ3v) is 21.7. The lowest BCUT2D eigenvalue weighted by atomic mass is 9.78. The molecule has 15 rings (SSSR count). The number of aliphatic hydroxyl groups excluding tert-OH is 2. The third kappa shape index (κ3) is 16.0. The monoisotopic (exact) mass is 1530 g/mol. The third-order valence-electron chi connectivity index (χ3n) is 21.7. The topological polar surface area (TPSA) is 378 Å². The highest BCUT2D eigenvalue weighted by atomic mass is 19.1. The quantitative estimate of drug-likeness (QED) is 0.0159. The van der Waals surface area contributed by atoms with E-state index in [1.807, 2.05) is 64.1 Å². The zero-order valence-electron chi connectivity index (χ0n) is 64.6. The van der Waals surface area contributed by atoms with Crippen LogP contribution in [0.5, 0.6) is 17.2 Å². The van der Waals surface area contributed by atoms with Crippen LogP contribution < -0.4 is 51.1 Å². The van der Waals surface area contributed by atoms with Gasteiger partial charge in [-0.1, -0.05) is 58.2 Å². The first-order chi connectivity index (χ1) is 54.1. The van der Waals surface area contributed by atoms with Gasteiger partial charge in [-0.3, -0.25) is 48.0 Å². The maximum atomic E-state index is 14.7. The van der Waals surface area contributed by atoms with Crippen LogP contribution in [0.2, 0.25) is 0 Å². The van der Waals surface area contributed by atoms with E-state index in [0.29, 0.717) is 122 Å². The van der Waals surface area contributed by atoms with Crippen LogP contribution in [0, 0.1) is 22.6 Å². The Hall–Kier alpha value is -11.6. The fourth-order valence-electron chi connectivity index (χ4n) is 15.9. The van der Waals surface area contributed by atoms with Gasteiger partial charge in [-0.2, -0.15) is 15.3 Å². The van der Waals surface area contributed by atoms with E-state index in [-0.39, 0.29) is 57.1 Å². The first-order valence-corrected chi connectivity index (χ1v) is 38.4. The van der Waals surface area contributed by atoms with E-state index in [0.717, 1.165) is 149 Å². The summed E-state index contributed by atoms with van der Waals surface area (Å²) in [5.74, 6) is 1.87. The number of nitrogens with one attached hydrogen (secondary N) is 4. The van der Waals surface area contributed by atoms with Crippen molar-refractivity contribution < 1.29 is 48.4 Å². The molecule has 3 saturated heterocycles. The van der Waals surface area contributed by atoms with Crippen LogP contribution in [-0.2, 0) is 51.6 Å². The minimum absolute atomic E-state index is 0.0815. The molecule has 2 spiro atoms. The maximum Gasteiger partial charge on any atom is 0.277 e. The average Bonchev–Trinajstić information content (AvgIpc) is 1.56. The largest absolute Gasteiger partial charge is 0.493 e. The van der Waals surface area contributed by atoms with Crippen LogP contribution in [0.25, 0.3) is 67.3 Å². The minimum atomic E-state index is -0.673. The highest BCUT2D eigenvalue weighted by Gasteiger charge is 2.61. The van der Waals surface area contributed by atoms with Gasteiger partial charge in [0.25, 0.3) is 16.7 Å². The number of fused-ring (bicyclic) bond motifs is 3. The lowest BCUT2D eigenvalue weighted by Gasteiger charge is -2.39. The molecule has 10 heterocycles. The van der Waals surface area contributed by atoms with Crippen molar-refractivity contribution in [2.24, 2.45) is 37.9 Å². The summed E-state index contributed by atoms with van der Waals surface area (Å²) in [6, 6.07) is 21.6. The van der Waals surface area contributed by atoms with Crippen LogP contribution in [0.3, 0.4) is 0 Å². The van der Waals surface area contributed by atoms with E-state index in [4.69, 9.17) is 44.6 Å². The molecular weight excluding hydrogens is 1440 g/mol. The number of aryl methyl sites for hydroxylation is 6. The van der Waals surface area contributed by atoms with Gasteiger partial charge in [0.05, 0.1) is 59.2 Å². The summed E-state index contributed by atoms with van der Waals surface area (Å²) in [4.78, 5) is 113. The molecule has 588 valence electrons. The van der Waals surface area contributed by atoms with Gasteiger partial charge in [-0.15, -0.1) is 0 Å². The molecule has 7 N–H and O–H groups in total. The zero-order chi connectivity index (χ0) is 79.3. The van der Waals surface area contributed by atoms with E-state index in [1.54, 1.807) is 46.7 Å². The Kier molecular flexibility index (Phi) is 23.5. The highest BCUT2D eigenvalue weighted by Crippen LogP contribution is 2.59. The van der Waals surface area contributed by atoms with Crippen molar-refractivity contribution in [2.45, 2.75) is 119 Å². The number of aromatic nitrogens is 14. The zero-order valence-corrected chi connectivity index (χ0v) is 64.6. The van der Waals surface area contributed by atoms with Crippen molar-refractivity contribution in [3.8, 4) is 51.4 Å². The van der Waals surface area contributed by atoms with Crippen LogP contribution in [-0.4, -0.2) is 174 Å². The van der Waals surface area contributed by atoms with E-state index < -0.39 is 24.8 Å². The number of halogens is 1. The van der Waals surface area contributed by atoms with Gasteiger partial charge < -0.3 is 54.1 Å². The molecule has 7 aromatic heterocycles. The summed E-state index contributed by atoms with van der Waals surface area (Å²) in [6.45, 7) is 17.2. The number of ketones is 2. The molecule has 3 aliphatic heterocycles. The Morgan fingerprint density at radius 1 is 0.545 bits per heavy atom. The van der Waals surface area contributed by atoms with Gasteiger partial charge in [-0.25, -0.2) is 34.8 Å². The Morgan fingerprint density at radius 3 is 1.41 bits per heavy atom. The number of H-pyrrole nitrogens is 3. The second kappa shape index (κ2) is 33.6. The van der Waals surface area contributed by atoms with Crippen molar-refractivity contribution in [1.82, 2.24) is 74.7 Å². The molecular formula is C81H95FN18O12. The fraction of sp³-hybridized carbons (Fsp3) is 0.432. The molecule has 31 heteroatoms. The number of amides is 1. The van der Waals surface area contributed by atoms with Crippen molar-refractivity contribution in [1.29, 1.82) is 0 Å². The lowest BCUT2D eigenvalue weighted by Crippen LogP contribution is -2.42. The van der Waals surface area contributed by atoms with Gasteiger partial charge >= 0.3 is 0 Å². The van der Waals surface area contributed by atoms with E-state index >= 15 is 0 Å². The number of carbonyl (C=O) groups excluding carboxylic acids is 3. The van der Waals surface area contributed by atoms with Crippen LogP contribution in [0.4, 0.5) is 21.7 Å². The molecule has 2 atom stereocenters. The number of hydrogen-bond donors (Lipinski definition) is 7. The van der Waals surface area contributed by atoms with Crippen LogP contribution in [0.15, 0.2) is 99.6 Å². The molecule has 4 fully saturated rings. The normalized spacial score (nSPS) is 16.3. The molecule has 1 amide bonds. The predicted molar refractivity (Wildman–Crippen MR) is 421 cm³/mol. The van der Waals surface area contributed by atoms with Crippen molar-refractivity contribution in [3.05, 3.63) is 161 Å². The van der Waals surface area contributed by atoms with E-state index in [1.165, 1.54) is 24.5 Å². The standard InChI is InChI=1S/C31H38N8O4.C26H27FN4O4.C24H30N6O4/c1-4-6-23-26-27(37(3)36-23)29(42)35-28(34-26)22-15-21(7-8-25(22)43-5-2)39-14-11-31(19-39)9-12-38(13-10-31)30-32-16-20(17-33-30)24(41)18-40;1-4-6-20-23-24(31(3)30-20)26(34)29-25(28-23)18-12-15(7-10-22(18)35-5-2)11-16-8-9-17(13-19(16)27)21(33)14-32;1-4-6-17-19-20(29(3)27-17)23(32)26-21(25-19)15-11-14(7-8-18(15)34-5-2)30-10-9-24(13-30)12-16(24)22(31)28-33/h7-8,15-17,40H,4-6,9-14,18-19H2,1-3H3,(H,34,35,42);7-10,12-13,32H,4-6,11,14H2,1-3H3,(H,28,29,34);7-8,11,16,33H,4-6,9-10,12-13H2,1-3H3,(H,28,31)(H,25,26,32). The molecule has 11 aromatic rings. The lowest BCUT2D eigenvalue weighted by molar-refractivity contribution is -0.131. The number of anilines is 3. The average molecular weight is 1530 g/mol. The SMILES string of the molecule is CCCc1nn(C)c2c(=O)[nH]c(-c3cc(Cc4ccc(C(=O)CO)cc4F)ccc3OCC)nc12.CCCc1nn(C)c2c(=O)[nH]c(-c3cc(N4CCC5(CC5C(=O)NO)C4)ccc3OCC)nc12.CCCc1nn(C)c2c(=O)[nH]c(-c3cc(N4CCC5(CCN(c6ncc(C(=O)CO)cn6)CC5)C4)ccc3OCC)nc12. The van der Waals surface area contributed by atoms with Gasteiger partial charge in [0.2, 0.25) is 11.9 Å². The molecule has 0 bridgehead atoms. The van der Waals surface area contributed by atoms with Gasteiger partial charge in [0.1, 0.15) is 70.3 Å². The summed E-state index contributed by atoms with van der Waals surface area (Å²) in [6.07, 6.45) is 12.9. The molecule has 4 aromatic carbocycles. The Balaban J connectivity index is 0.000000148. The van der Waals surface area contributed by atoms with E-state index in [2.05, 4.69) is 80.9 Å². The summed E-state index contributed by atoms with van der Waals surface area (Å²) in [7, 11) is 5.26. The minimum Gasteiger partial charge on any atom is -0.493 e. The molecule has 0 radical (unpaired) electrons. The number of rotatable bonds is 25. The molecule has 112 heavy (non-hydrogen) atoms. The number of aliphatic hydroxyl groups is 2. The smallest absolute Gasteiger partial charge is 0.277 e. The highest BCUT2D eigenvalue weighted by molar-refractivity contribution is 5.97. The summed E-state index contributed by atoms with van der Waals surface area (Å²) >= 11 is 0. The Bertz CT molecular complexity index is 5530. The first-order valence-electron chi connectivity index (χ1n) is 38.4. The molecule has 1 saturated carbocycles. The van der Waals surface area contributed by atoms with Crippen LogP contribution in [0.1, 0.15) is 142 Å². The number of benzene rings is 4. The number of aromatic amines is 3. The fourth-order valence-corrected chi connectivity index (χ4v) is 15.9. The number of hydrogen-bond acceptors (Lipinski definition) is 23. The number of carbonyl (C=O) groups is 3. The van der Waals surface area contributed by atoms with Gasteiger partial charge in [-0.05, 0) is 143 Å². The number of nitrogens with zero attached hydrogens (tertiary/aromatic N) is 14. The predicted octanol–water partition coefficient (Wildman–Crippen LogP) is 9.11. The Morgan fingerprint density at radius 2 is 0.973 bits per heavy atom. The number of hydroxylamine groups is 1. The second-order valence-corrected chi connectivity index (χ2v) is 29.1. The number of ether oxygens (including phenoxy) is 3. The first kappa shape index (κ1) is 78.5. The summed E-state index contributed by atoms with van der Waals surface area (Å²) < 4.78 is 37.1. The molecule has 4 aliphatic rings. The molecule has 30 nitrogen and oxygen atoms in total. The summed E-state index contributed by atoms with van der Waals surface area (Å²) in [5, 5.41) is 40.6. The van der Waals surface area contributed by atoms with Crippen molar-refractivity contribution in [2.75, 3.05) is 87.0 Å². The molecule has 2 unspecified atom stereocenters. The number of piperidine rings is 1. The van der Waals surface area contributed by atoms with E-state index in [9.17, 15) is 33.2 Å².